The van der Waals surface area contributed by atoms with Crippen LogP contribution in [-0.2, 0) is 13.6 Å². The van der Waals surface area contributed by atoms with Gasteiger partial charge in [0.2, 0.25) is 5.78 Å². The molecular formula is C22H17F2N5O2. The van der Waals surface area contributed by atoms with Crippen LogP contribution in [-0.4, -0.2) is 23.1 Å². The molecule has 5 rings (SSSR count). The molecule has 156 valence electrons. The monoisotopic (exact) mass is 421 g/mol. The lowest BCUT2D eigenvalue weighted by Gasteiger charge is -2.08. The number of benzene rings is 2. The molecule has 0 N–H and O–H groups in total. The molecule has 0 bridgehead atoms. The van der Waals surface area contributed by atoms with E-state index in [9.17, 15) is 18.4 Å². The summed E-state index contributed by atoms with van der Waals surface area (Å²) in [6.45, 7) is 1.86. The van der Waals surface area contributed by atoms with E-state index < -0.39 is 17.1 Å². The van der Waals surface area contributed by atoms with E-state index >= 15 is 0 Å². The van der Waals surface area contributed by atoms with E-state index in [1.807, 2.05) is 6.92 Å². The minimum atomic E-state index is -0.521. The van der Waals surface area contributed by atoms with Crippen LogP contribution in [0.15, 0.2) is 64.3 Å². The molecule has 9 heteroatoms. The number of rotatable bonds is 3. The lowest BCUT2D eigenvalue weighted by Crippen LogP contribution is -2.39. The maximum atomic E-state index is 13.4. The van der Waals surface area contributed by atoms with Gasteiger partial charge >= 0.3 is 5.69 Å². The van der Waals surface area contributed by atoms with Gasteiger partial charge in [-0.1, -0.05) is 12.1 Å². The van der Waals surface area contributed by atoms with Crippen LogP contribution in [0.2, 0.25) is 0 Å². The predicted octanol–water partition coefficient (Wildman–Crippen LogP) is 2.77. The van der Waals surface area contributed by atoms with E-state index in [2.05, 4.69) is 4.98 Å². The van der Waals surface area contributed by atoms with Crippen molar-refractivity contribution >= 4 is 16.9 Å². The summed E-state index contributed by atoms with van der Waals surface area (Å²) in [5.41, 5.74) is 1.58. The van der Waals surface area contributed by atoms with Crippen molar-refractivity contribution in [3.8, 4) is 5.69 Å². The number of halogens is 2. The number of hydrogen-bond acceptors (Lipinski definition) is 3. The molecule has 3 heterocycles. The van der Waals surface area contributed by atoms with E-state index in [-0.39, 0.29) is 23.5 Å². The summed E-state index contributed by atoms with van der Waals surface area (Å²) in [4.78, 5) is 30.7. The van der Waals surface area contributed by atoms with E-state index in [1.165, 1.54) is 41.0 Å². The average molecular weight is 421 g/mol. The zero-order valence-corrected chi connectivity index (χ0v) is 16.7. The largest absolute Gasteiger partial charge is 0.332 e. The highest BCUT2D eigenvalue weighted by Gasteiger charge is 2.21. The third-order valence-corrected chi connectivity index (χ3v) is 5.36. The van der Waals surface area contributed by atoms with Crippen LogP contribution in [0.5, 0.6) is 0 Å². The van der Waals surface area contributed by atoms with Gasteiger partial charge in [0.15, 0.2) is 11.2 Å². The second-order valence-corrected chi connectivity index (χ2v) is 7.40. The summed E-state index contributed by atoms with van der Waals surface area (Å²) in [6, 6.07) is 11.6. The van der Waals surface area contributed by atoms with E-state index in [0.717, 1.165) is 10.3 Å². The molecule has 3 aromatic heterocycles. The first-order chi connectivity index (χ1) is 14.8. The molecule has 31 heavy (non-hydrogen) atoms. The quantitative estimate of drug-likeness (QED) is 0.450. The number of nitrogens with zero attached hydrogens (tertiary/aromatic N) is 5. The molecule has 0 saturated heterocycles. The van der Waals surface area contributed by atoms with Crippen molar-refractivity contribution in [3.05, 3.63) is 98.5 Å². The van der Waals surface area contributed by atoms with Crippen molar-refractivity contribution in [1.29, 1.82) is 0 Å². The second-order valence-electron chi connectivity index (χ2n) is 7.40. The smallest absolute Gasteiger partial charge is 0.283 e. The summed E-state index contributed by atoms with van der Waals surface area (Å²) in [5, 5.41) is 0. The van der Waals surface area contributed by atoms with Gasteiger partial charge in [-0.05, 0) is 48.9 Å². The molecule has 0 spiro atoms. The number of fused-ring (bicyclic) bond motifs is 3. The Hall–Kier alpha value is -4.01. The van der Waals surface area contributed by atoms with Gasteiger partial charge in [0.05, 0.1) is 6.54 Å². The number of imidazole rings is 2. The first kappa shape index (κ1) is 19.0. The fourth-order valence-corrected chi connectivity index (χ4v) is 3.83. The molecule has 0 aliphatic heterocycles. The number of aromatic nitrogens is 5. The minimum Gasteiger partial charge on any atom is -0.283 e. The summed E-state index contributed by atoms with van der Waals surface area (Å²) in [6.07, 6.45) is 1.75. The van der Waals surface area contributed by atoms with Gasteiger partial charge in [0, 0.05) is 24.6 Å². The highest BCUT2D eigenvalue weighted by atomic mass is 19.1. The van der Waals surface area contributed by atoms with Crippen LogP contribution >= 0.6 is 0 Å². The Kier molecular flexibility index (Phi) is 4.14. The Morgan fingerprint density at radius 2 is 1.55 bits per heavy atom. The molecule has 0 radical (unpaired) electrons. The molecule has 0 amide bonds. The molecule has 0 aliphatic rings. The molecule has 5 aromatic rings. The van der Waals surface area contributed by atoms with Gasteiger partial charge < -0.3 is 0 Å². The van der Waals surface area contributed by atoms with Crippen LogP contribution < -0.4 is 11.2 Å². The Morgan fingerprint density at radius 3 is 2.19 bits per heavy atom. The zero-order valence-electron chi connectivity index (χ0n) is 16.7. The average Bonchev–Trinajstić information content (AvgIpc) is 3.26. The summed E-state index contributed by atoms with van der Waals surface area (Å²) < 4.78 is 32.4. The summed E-state index contributed by atoms with van der Waals surface area (Å²) in [5.74, 6) is -0.315. The van der Waals surface area contributed by atoms with Gasteiger partial charge in [-0.15, -0.1) is 0 Å². The molecule has 0 saturated carbocycles. The molecule has 2 aromatic carbocycles. The summed E-state index contributed by atoms with van der Waals surface area (Å²) >= 11 is 0. The highest BCUT2D eigenvalue weighted by molar-refractivity contribution is 5.76. The Bertz CT molecular complexity index is 1570. The third kappa shape index (κ3) is 2.89. The van der Waals surface area contributed by atoms with Crippen molar-refractivity contribution < 1.29 is 8.78 Å². The first-order valence-electron chi connectivity index (χ1n) is 9.55. The van der Waals surface area contributed by atoms with Crippen LogP contribution in [0.3, 0.4) is 0 Å². The second kappa shape index (κ2) is 6.76. The highest BCUT2D eigenvalue weighted by Crippen LogP contribution is 2.21. The van der Waals surface area contributed by atoms with Crippen LogP contribution in [0.1, 0.15) is 11.3 Å². The summed E-state index contributed by atoms with van der Waals surface area (Å²) in [7, 11) is 1.55. The van der Waals surface area contributed by atoms with Crippen LogP contribution in [0.25, 0.3) is 22.6 Å². The van der Waals surface area contributed by atoms with Gasteiger partial charge in [-0.2, -0.15) is 4.98 Å². The fraction of sp³-hybridized carbons (Fsp3) is 0.136. The van der Waals surface area contributed by atoms with E-state index in [1.54, 1.807) is 34.3 Å². The normalized spacial score (nSPS) is 11.6. The predicted molar refractivity (Wildman–Crippen MR) is 112 cm³/mol. The molecule has 0 aliphatic carbocycles. The van der Waals surface area contributed by atoms with Crippen LogP contribution in [0, 0.1) is 18.6 Å². The Balaban J connectivity index is 1.77. The number of aryl methyl sites for hydroxylation is 2. The molecule has 0 fully saturated rings. The lowest BCUT2D eigenvalue weighted by molar-refractivity contribution is 0.623. The van der Waals surface area contributed by atoms with Gasteiger partial charge in [0.1, 0.15) is 11.6 Å². The fourth-order valence-electron chi connectivity index (χ4n) is 3.83. The molecule has 0 unspecified atom stereocenters. The first-order valence-corrected chi connectivity index (χ1v) is 9.55. The Labute approximate surface area is 174 Å². The zero-order chi connectivity index (χ0) is 21.9. The van der Waals surface area contributed by atoms with Crippen molar-refractivity contribution in [2.45, 2.75) is 13.5 Å². The van der Waals surface area contributed by atoms with Gasteiger partial charge in [-0.3, -0.25) is 22.9 Å². The van der Waals surface area contributed by atoms with Gasteiger partial charge in [-0.25, -0.2) is 13.6 Å². The van der Waals surface area contributed by atoms with Crippen molar-refractivity contribution in [3.63, 3.8) is 0 Å². The maximum Gasteiger partial charge on any atom is 0.332 e. The molecular weight excluding hydrogens is 404 g/mol. The number of hydrogen-bond donors (Lipinski definition) is 0. The SMILES string of the molecule is Cc1cn2c3c(=O)n(Cc4ccc(F)cc4)c(=O)n(C)c3nc2n1-c1ccc(F)cc1. The minimum absolute atomic E-state index is 0.00656. The van der Waals surface area contributed by atoms with Crippen molar-refractivity contribution in [1.82, 2.24) is 23.1 Å². The maximum absolute atomic E-state index is 13.4. The van der Waals surface area contributed by atoms with E-state index in [4.69, 9.17) is 0 Å². The standard InChI is InChI=1S/C22H17F2N5O2/c1-13-11-27-18-19(25-21(27)29(13)17-9-7-16(24)8-10-17)26(2)22(31)28(20(18)30)12-14-3-5-15(23)6-4-14/h3-11H,12H2,1-2H3. The molecule has 0 atom stereocenters. The third-order valence-electron chi connectivity index (χ3n) is 5.36. The van der Waals surface area contributed by atoms with Crippen molar-refractivity contribution in [2.24, 2.45) is 7.05 Å². The van der Waals surface area contributed by atoms with Crippen molar-refractivity contribution in [2.75, 3.05) is 0 Å². The van der Waals surface area contributed by atoms with Crippen LogP contribution in [0.4, 0.5) is 8.78 Å². The van der Waals surface area contributed by atoms with Gasteiger partial charge in [0.25, 0.3) is 5.56 Å². The Morgan fingerprint density at radius 1 is 0.935 bits per heavy atom. The topological polar surface area (TPSA) is 66.2 Å². The molecule has 7 nitrogen and oxygen atoms in total. The van der Waals surface area contributed by atoms with E-state index in [0.29, 0.717) is 17.0 Å². The lowest BCUT2D eigenvalue weighted by atomic mass is 10.2.